The summed E-state index contributed by atoms with van der Waals surface area (Å²) >= 11 is 0. The molecule has 0 N–H and O–H groups in total. The predicted molar refractivity (Wildman–Crippen MR) is 48.0 cm³/mol. The predicted octanol–water partition coefficient (Wildman–Crippen LogP) is 1.11. The highest BCUT2D eigenvalue weighted by Crippen LogP contribution is 2.02. The maximum Gasteiger partial charge on any atom is 0.278 e. The molecule has 0 atom stereocenters. The van der Waals surface area contributed by atoms with Gasteiger partial charge in [-0.05, 0) is 19.1 Å². The van der Waals surface area contributed by atoms with E-state index in [2.05, 4.69) is 4.98 Å². The molecule has 0 bridgehead atoms. The first-order chi connectivity index (χ1) is 6.29. The van der Waals surface area contributed by atoms with Crippen LogP contribution in [0, 0.1) is 0 Å². The van der Waals surface area contributed by atoms with Crippen LogP contribution >= 0.6 is 0 Å². The second-order valence-corrected chi connectivity index (χ2v) is 2.42. The third-order valence-corrected chi connectivity index (χ3v) is 1.64. The van der Waals surface area contributed by atoms with Crippen LogP contribution in [0.5, 0.6) is 0 Å². The van der Waals surface area contributed by atoms with Crippen LogP contribution in [0.3, 0.4) is 0 Å². The van der Waals surface area contributed by atoms with E-state index in [9.17, 15) is 4.79 Å². The fraction of sp³-hybridized carbons (Fsp3) is 0.333. The molecule has 0 fully saturated rings. The summed E-state index contributed by atoms with van der Waals surface area (Å²) in [5.74, 6) is -0.168. The molecule has 0 aromatic carbocycles. The van der Waals surface area contributed by atoms with E-state index in [1.807, 2.05) is 6.92 Å². The van der Waals surface area contributed by atoms with E-state index in [-0.39, 0.29) is 5.91 Å². The van der Waals surface area contributed by atoms with Crippen molar-refractivity contribution in [2.24, 2.45) is 0 Å². The largest absolute Gasteiger partial charge is 0.278 e. The van der Waals surface area contributed by atoms with Gasteiger partial charge in [0.2, 0.25) is 0 Å². The molecule has 0 aliphatic heterocycles. The quantitative estimate of drug-likeness (QED) is 0.654. The van der Waals surface area contributed by atoms with E-state index in [1.165, 1.54) is 18.4 Å². The number of hydrogen-bond acceptors (Lipinski definition) is 3. The third-order valence-electron chi connectivity index (χ3n) is 1.64. The van der Waals surface area contributed by atoms with Crippen LogP contribution in [0.1, 0.15) is 17.3 Å². The Hall–Kier alpha value is -1.42. The lowest BCUT2D eigenvalue weighted by Gasteiger charge is -2.16. The molecule has 1 amide bonds. The van der Waals surface area contributed by atoms with E-state index in [0.717, 1.165) is 0 Å². The van der Waals surface area contributed by atoms with Crippen molar-refractivity contribution in [1.29, 1.82) is 0 Å². The lowest BCUT2D eigenvalue weighted by molar-refractivity contribution is -0.0915. The molecule has 13 heavy (non-hydrogen) atoms. The average Bonchev–Trinajstić information content (AvgIpc) is 2.21. The summed E-state index contributed by atoms with van der Waals surface area (Å²) in [6.45, 7) is 2.36. The first kappa shape index (κ1) is 9.67. The van der Waals surface area contributed by atoms with Crippen molar-refractivity contribution in [3.8, 4) is 0 Å². The van der Waals surface area contributed by atoms with Gasteiger partial charge < -0.3 is 0 Å². The van der Waals surface area contributed by atoms with E-state index >= 15 is 0 Å². The molecule has 1 aromatic heterocycles. The molecule has 1 rings (SSSR count). The Morgan fingerprint density at radius 2 is 2.46 bits per heavy atom. The zero-order valence-corrected chi connectivity index (χ0v) is 7.73. The van der Waals surface area contributed by atoms with Gasteiger partial charge in [0, 0.05) is 18.9 Å². The van der Waals surface area contributed by atoms with Crippen LogP contribution in [-0.4, -0.2) is 29.6 Å². The van der Waals surface area contributed by atoms with Gasteiger partial charge in [-0.15, -0.1) is 0 Å². The molecule has 0 radical (unpaired) electrons. The monoisotopic (exact) mass is 180 g/mol. The van der Waals surface area contributed by atoms with Gasteiger partial charge in [0.05, 0.1) is 12.7 Å². The van der Waals surface area contributed by atoms with Crippen molar-refractivity contribution in [2.45, 2.75) is 6.92 Å². The van der Waals surface area contributed by atoms with Crippen molar-refractivity contribution in [3.05, 3.63) is 30.1 Å². The average molecular weight is 180 g/mol. The van der Waals surface area contributed by atoms with Gasteiger partial charge >= 0.3 is 0 Å². The molecule has 0 unspecified atom stereocenters. The molecule has 1 heterocycles. The highest BCUT2D eigenvalue weighted by molar-refractivity contribution is 5.93. The second kappa shape index (κ2) is 4.57. The molecule has 0 aliphatic rings. The van der Waals surface area contributed by atoms with Gasteiger partial charge in [-0.3, -0.25) is 14.6 Å². The Kier molecular flexibility index (Phi) is 3.40. The lowest BCUT2D eigenvalue weighted by Crippen LogP contribution is -2.29. The molecular weight excluding hydrogens is 168 g/mol. The Morgan fingerprint density at radius 1 is 1.69 bits per heavy atom. The summed E-state index contributed by atoms with van der Waals surface area (Å²) in [7, 11) is 1.47. The van der Waals surface area contributed by atoms with E-state index in [4.69, 9.17) is 4.84 Å². The topological polar surface area (TPSA) is 42.4 Å². The van der Waals surface area contributed by atoms with Crippen LogP contribution in [0.2, 0.25) is 0 Å². The number of amides is 1. The first-order valence-electron chi connectivity index (χ1n) is 4.05. The molecule has 1 aromatic rings. The van der Waals surface area contributed by atoms with E-state index in [1.54, 1.807) is 18.3 Å². The number of pyridine rings is 1. The van der Waals surface area contributed by atoms with Crippen LogP contribution in [0.15, 0.2) is 24.5 Å². The van der Waals surface area contributed by atoms with Crippen LogP contribution in [0.25, 0.3) is 0 Å². The summed E-state index contributed by atoms with van der Waals surface area (Å²) in [6, 6.07) is 3.42. The normalized spacial score (nSPS) is 9.69. The standard InChI is InChI=1S/C9H12N2O2/c1-3-11(13-2)9(12)8-5-4-6-10-7-8/h4-7H,3H2,1-2H3. The Bertz CT molecular complexity index is 270. The van der Waals surface area contributed by atoms with E-state index in [0.29, 0.717) is 12.1 Å². The molecule has 70 valence electrons. The van der Waals surface area contributed by atoms with Crippen molar-refractivity contribution in [3.63, 3.8) is 0 Å². The van der Waals surface area contributed by atoms with Crippen LogP contribution in [-0.2, 0) is 4.84 Å². The van der Waals surface area contributed by atoms with Crippen LogP contribution < -0.4 is 0 Å². The lowest BCUT2D eigenvalue weighted by atomic mass is 10.3. The smallest absolute Gasteiger partial charge is 0.274 e. The van der Waals surface area contributed by atoms with Gasteiger partial charge in [-0.1, -0.05) is 0 Å². The maximum atomic E-state index is 11.6. The second-order valence-electron chi connectivity index (χ2n) is 2.42. The number of carbonyl (C=O) groups is 1. The van der Waals surface area contributed by atoms with Crippen molar-refractivity contribution in [1.82, 2.24) is 10.0 Å². The molecule has 0 saturated carbocycles. The number of nitrogens with zero attached hydrogens (tertiary/aromatic N) is 2. The van der Waals surface area contributed by atoms with Crippen LogP contribution in [0.4, 0.5) is 0 Å². The Morgan fingerprint density at radius 3 is 2.92 bits per heavy atom. The zero-order valence-electron chi connectivity index (χ0n) is 7.73. The zero-order chi connectivity index (χ0) is 9.68. The minimum atomic E-state index is -0.168. The number of aromatic nitrogens is 1. The fourth-order valence-corrected chi connectivity index (χ4v) is 0.989. The Balaban J connectivity index is 2.78. The van der Waals surface area contributed by atoms with Crippen molar-refractivity contribution < 1.29 is 9.63 Å². The van der Waals surface area contributed by atoms with E-state index < -0.39 is 0 Å². The molecule has 4 heteroatoms. The molecule has 0 saturated heterocycles. The fourth-order valence-electron chi connectivity index (χ4n) is 0.989. The Labute approximate surface area is 77.1 Å². The van der Waals surface area contributed by atoms with Gasteiger partial charge in [0.25, 0.3) is 5.91 Å². The SMILES string of the molecule is CCN(OC)C(=O)c1cccnc1. The highest BCUT2D eigenvalue weighted by atomic mass is 16.7. The maximum absolute atomic E-state index is 11.6. The molecule has 4 nitrogen and oxygen atoms in total. The minimum Gasteiger partial charge on any atom is -0.274 e. The first-order valence-corrected chi connectivity index (χ1v) is 4.05. The minimum absolute atomic E-state index is 0.168. The van der Waals surface area contributed by atoms with Gasteiger partial charge in [-0.25, -0.2) is 5.06 Å². The number of carbonyl (C=O) groups excluding carboxylic acids is 1. The number of hydrogen-bond donors (Lipinski definition) is 0. The summed E-state index contributed by atoms with van der Waals surface area (Å²) < 4.78 is 0. The summed E-state index contributed by atoms with van der Waals surface area (Å²) in [4.78, 5) is 20.3. The summed E-state index contributed by atoms with van der Waals surface area (Å²) in [5.41, 5.74) is 0.534. The molecule has 0 spiro atoms. The molecule has 0 aliphatic carbocycles. The number of rotatable bonds is 3. The summed E-state index contributed by atoms with van der Waals surface area (Å²) in [5, 5.41) is 1.27. The van der Waals surface area contributed by atoms with Crippen molar-refractivity contribution in [2.75, 3.05) is 13.7 Å². The van der Waals surface area contributed by atoms with Gasteiger partial charge in [0.15, 0.2) is 0 Å². The van der Waals surface area contributed by atoms with Gasteiger partial charge in [0.1, 0.15) is 0 Å². The van der Waals surface area contributed by atoms with Gasteiger partial charge in [-0.2, -0.15) is 0 Å². The highest BCUT2D eigenvalue weighted by Gasteiger charge is 2.12. The molecular formula is C9H12N2O2. The number of hydroxylamine groups is 2. The summed E-state index contributed by atoms with van der Waals surface area (Å²) in [6.07, 6.45) is 3.14. The van der Waals surface area contributed by atoms with Crippen molar-refractivity contribution >= 4 is 5.91 Å². The third kappa shape index (κ3) is 2.26.